The van der Waals surface area contributed by atoms with Crippen molar-refractivity contribution in [3.63, 3.8) is 0 Å². The molecule has 2 aromatic heterocycles. The smallest absolute Gasteiger partial charge is 0.431 e. The maximum atomic E-state index is 13.1. The van der Waals surface area contributed by atoms with Crippen LogP contribution in [0.2, 0.25) is 0 Å². The van der Waals surface area contributed by atoms with E-state index in [0.717, 1.165) is 22.9 Å². The summed E-state index contributed by atoms with van der Waals surface area (Å²) in [5.74, 6) is 0.0308. The Morgan fingerprint density at radius 1 is 1.03 bits per heavy atom. The lowest BCUT2D eigenvalue weighted by Gasteiger charge is -2.14. The largest absolute Gasteiger partial charge is 0.507 e. The van der Waals surface area contributed by atoms with Crippen molar-refractivity contribution < 1.29 is 18.3 Å². The quantitative estimate of drug-likeness (QED) is 0.501. The fourth-order valence-electron chi connectivity index (χ4n) is 3.39. The standard InChI is InChI=1S/C21H16F3N3O3S/c1-10-6-13(15(28)7-11(10)2)19-14-8-12(4-5-16(14)31-25-19)27-18(29)9-17(21(22,23)24)26(3)20(27)30/h4-9,28H,1-3H3. The topological polar surface area (TPSA) is 77.1 Å². The van der Waals surface area contributed by atoms with Gasteiger partial charge >= 0.3 is 11.9 Å². The molecule has 4 rings (SSSR count). The van der Waals surface area contributed by atoms with Gasteiger partial charge in [0, 0.05) is 24.1 Å². The number of benzene rings is 2. The summed E-state index contributed by atoms with van der Waals surface area (Å²) in [5.41, 5.74) is -0.626. The van der Waals surface area contributed by atoms with Crippen LogP contribution in [0, 0.1) is 13.8 Å². The van der Waals surface area contributed by atoms with E-state index in [1.807, 2.05) is 13.8 Å². The van der Waals surface area contributed by atoms with Gasteiger partial charge in [0.1, 0.15) is 11.4 Å². The van der Waals surface area contributed by atoms with E-state index >= 15 is 0 Å². The first-order valence-electron chi connectivity index (χ1n) is 9.09. The van der Waals surface area contributed by atoms with Gasteiger partial charge in [-0.15, -0.1) is 0 Å². The van der Waals surface area contributed by atoms with Crippen molar-refractivity contribution in [1.29, 1.82) is 0 Å². The van der Waals surface area contributed by atoms with Crippen LogP contribution in [0.3, 0.4) is 0 Å². The molecule has 2 aromatic carbocycles. The van der Waals surface area contributed by atoms with E-state index < -0.39 is 23.1 Å². The van der Waals surface area contributed by atoms with Crippen molar-refractivity contribution in [3.8, 4) is 22.7 Å². The molecule has 31 heavy (non-hydrogen) atoms. The Kier molecular flexibility index (Phi) is 4.77. The van der Waals surface area contributed by atoms with Gasteiger partial charge in [-0.25, -0.2) is 9.36 Å². The van der Waals surface area contributed by atoms with Gasteiger partial charge < -0.3 is 5.11 Å². The third kappa shape index (κ3) is 3.42. The molecule has 0 radical (unpaired) electrons. The number of aromatic hydroxyl groups is 1. The van der Waals surface area contributed by atoms with Gasteiger partial charge in [0.15, 0.2) is 0 Å². The number of rotatable bonds is 2. The van der Waals surface area contributed by atoms with Crippen LogP contribution in [0.15, 0.2) is 46.0 Å². The summed E-state index contributed by atoms with van der Waals surface area (Å²) in [6, 6.07) is 8.42. The minimum atomic E-state index is -4.83. The zero-order valence-electron chi connectivity index (χ0n) is 16.6. The van der Waals surface area contributed by atoms with Gasteiger partial charge in [-0.3, -0.25) is 9.36 Å². The highest BCUT2D eigenvalue weighted by molar-refractivity contribution is 7.13. The maximum Gasteiger partial charge on any atom is 0.431 e. The van der Waals surface area contributed by atoms with Gasteiger partial charge in [-0.1, -0.05) is 0 Å². The van der Waals surface area contributed by atoms with Crippen LogP contribution in [0.25, 0.3) is 27.0 Å². The number of phenols is 1. The number of fused-ring (bicyclic) bond motifs is 1. The minimum Gasteiger partial charge on any atom is -0.507 e. The van der Waals surface area contributed by atoms with Gasteiger partial charge in [-0.05, 0) is 66.8 Å². The van der Waals surface area contributed by atoms with E-state index in [0.29, 0.717) is 31.8 Å². The predicted octanol–water partition coefficient (Wildman–Crippen LogP) is 4.15. The molecule has 0 fully saturated rings. The van der Waals surface area contributed by atoms with Crippen LogP contribution in [0.4, 0.5) is 13.2 Å². The molecule has 0 bridgehead atoms. The third-order valence-electron chi connectivity index (χ3n) is 5.19. The number of hydrogen-bond donors (Lipinski definition) is 1. The molecule has 0 unspecified atom stereocenters. The number of aromatic nitrogens is 3. The summed E-state index contributed by atoms with van der Waals surface area (Å²) in [6.07, 6.45) is -4.83. The predicted molar refractivity (Wildman–Crippen MR) is 112 cm³/mol. The molecule has 0 saturated heterocycles. The summed E-state index contributed by atoms with van der Waals surface area (Å²) in [6.45, 7) is 3.76. The van der Waals surface area contributed by atoms with E-state index in [9.17, 15) is 27.9 Å². The number of nitrogens with zero attached hydrogens (tertiary/aromatic N) is 3. The highest BCUT2D eigenvalue weighted by atomic mass is 32.1. The van der Waals surface area contributed by atoms with Crippen molar-refractivity contribution in [3.05, 3.63) is 74.1 Å². The second kappa shape index (κ2) is 7.09. The fraction of sp³-hybridized carbons (Fsp3) is 0.190. The Bertz CT molecular complexity index is 1470. The number of phenolic OH excluding ortho intramolecular Hbond substituents is 1. The molecule has 0 amide bonds. The Morgan fingerprint density at radius 2 is 1.71 bits per heavy atom. The molecule has 0 spiro atoms. The molecule has 0 saturated carbocycles. The van der Waals surface area contributed by atoms with Crippen LogP contribution >= 0.6 is 11.5 Å². The molecule has 0 aliphatic rings. The molecule has 0 atom stereocenters. The summed E-state index contributed by atoms with van der Waals surface area (Å²) in [7, 11) is 0.963. The maximum absolute atomic E-state index is 13.1. The fourth-order valence-corrected chi connectivity index (χ4v) is 4.16. The van der Waals surface area contributed by atoms with Gasteiger partial charge in [0.25, 0.3) is 5.56 Å². The molecule has 0 aliphatic heterocycles. The van der Waals surface area contributed by atoms with E-state index in [1.54, 1.807) is 18.2 Å². The average Bonchev–Trinajstić information content (AvgIpc) is 3.10. The Balaban J connectivity index is 1.96. The zero-order valence-corrected chi connectivity index (χ0v) is 17.4. The SMILES string of the molecule is Cc1cc(O)c(-c2nsc3ccc(-n4c(=O)cc(C(F)(F)F)n(C)c4=O)cc23)cc1C. The van der Waals surface area contributed by atoms with Crippen LogP contribution in [-0.2, 0) is 13.2 Å². The second-order valence-electron chi connectivity index (χ2n) is 7.21. The summed E-state index contributed by atoms with van der Waals surface area (Å²) in [5, 5.41) is 11.0. The van der Waals surface area contributed by atoms with Crippen molar-refractivity contribution in [1.82, 2.24) is 13.5 Å². The average molecular weight is 447 g/mol. The molecular weight excluding hydrogens is 431 g/mol. The highest BCUT2D eigenvalue weighted by Crippen LogP contribution is 2.37. The van der Waals surface area contributed by atoms with Crippen molar-refractivity contribution in [2.24, 2.45) is 7.05 Å². The van der Waals surface area contributed by atoms with Crippen molar-refractivity contribution in [2.75, 3.05) is 0 Å². The first kappa shape index (κ1) is 20.9. The molecule has 6 nitrogen and oxygen atoms in total. The van der Waals surface area contributed by atoms with Crippen molar-refractivity contribution >= 4 is 21.6 Å². The zero-order chi connectivity index (χ0) is 22.7. The van der Waals surface area contributed by atoms with Crippen LogP contribution < -0.4 is 11.2 Å². The number of halogens is 3. The van der Waals surface area contributed by atoms with E-state index in [2.05, 4.69) is 4.37 Å². The Morgan fingerprint density at radius 3 is 2.39 bits per heavy atom. The lowest BCUT2D eigenvalue weighted by molar-refractivity contribution is -0.144. The van der Waals surface area contributed by atoms with Crippen LogP contribution in [-0.4, -0.2) is 18.6 Å². The molecule has 160 valence electrons. The van der Waals surface area contributed by atoms with Gasteiger partial charge in [0.2, 0.25) is 0 Å². The second-order valence-corrected chi connectivity index (χ2v) is 8.01. The molecule has 1 N–H and O–H groups in total. The Hall–Kier alpha value is -3.40. The molecule has 10 heteroatoms. The molecular formula is C21H16F3N3O3S. The Labute approximate surface area is 177 Å². The highest BCUT2D eigenvalue weighted by Gasteiger charge is 2.35. The monoisotopic (exact) mass is 447 g/mol. The lowest BCUT2D eigenvalue weighted by atomic mass is 10.0. The van der Waals surface area contributed by atoms with E-state index in [-0.39, 0.29) is 11.4 Å². The normalized spacial score (nSPS) is 11.9. The first-order chi connectivity index (χ1) is 14.5. The molecule has 0 aliphatic carbocycles. The van der Waals surface area contributed by atoms with Crippen molar-refractivity contribution in [2.45, 2.75) is 20.0 Å². The lowest BCUT2D eigenvalue weighted by Crippen LogP contribution is -2.40. The minimum absolute atomic E-state index is 0.0308. The number of hydrogen-bond acceptors (Lipinski definition) is 5. The van der Waals surface area contributed by atoms with Crippen LogP contribution in [0.1, 0.15) is 16.8 Å². The number of aryl methyl sites for hydroxylation is 2. The molecule has 4 aromatic rings. The summed E-state index contributed by atoms with van der Waals surface area (Å²) in [4.78, 5) is 25.0. The summed E-state index contributed by atoms with van der Waals surface area (Å²) < 4.78 is 45.5. The first-order valence-corrected chi connectivity index (χ1v) is 9.87. The third-order valence-corrected chi connectivity index (χ3v) is 6.02. The van der Waals surface area contributed by atoms with Crippen LogP contribution in [0.5, 0.6) is 5.75 Å². The summed E-state index contributed by atoms with van der Waals surface area (Å²) >= 11 is 1.17. The van der Waals surface area contributed by atoms with Gasteiger partial charge in [0.05, 0.1) is 16.1 Å². The van der Waals surface area contributed by atoms with Gasteiger partial charge in [-0.2, -0.15) is 17.5 Å². The number of alkyl halides is 3. The van der Waals surface area contributed by atoms with E-state index in [4.69, 9.17) is 0 Å². The van der Waals surface area contributed by atoms with E-state index in [1.165, 1.54) is 23.7 Å². The molecule has 2 heterocycles.